The molecule has 2 aromatic carbocycles. The maximum Gasteiger partial charge on any atom is 0.420 e. The number of likely N-dealkylation sites (tertiary alicyclic amines) is 1. The van der Waals surface area contributed by atoms with Gasteiger partial charge in [0.25, 0.3) is 0 Å². The SMILES string of the molecule is Cn1nc(C2CCCN(C(=O)Cn3c(=O)oc4ccccc43)C2)n(-c2ccccc2)c1=O. The summed E-state index contributed by atoms with van der Waals surface area (Å²) in [5, 5.41) is 4.49. The zero-order valence-electron chi connectivity index (χ0n) is 17.7. The summed E-state index contributed by atoms with van der Waals surface area (Å²) in [7, 11) is 1.63. The average molecular weight is 433 g/mol. The number of para-hydroxylation sites is 3. The van der Waals surface area contributed by atoms with Crippen molar-refractivity contribution in [3.05, 3.63) is 81.5 Å². The number of oxazole rings is 1. The van der Waals surface area contributed by atoms with Gasteiger partial charge in [-0.15, -0.1) is 0 Å². The Morgan fingerprint density at radius 1 is 1.09 bits per heavy atom. The summed E-state index contributed by atoms with van der Waals surface area (Å²) in [6.45, 7) is 0.950. The van der Waals surface area contributed by atoms with Crippen molar-refractivity contribution in [3.8, 4) is 5.69 Å². The number of carbonyl (C=O) groups is 1. The number of fused-ring (bicyclic) bond motifs is 1. The highest BCUT2D eigenvalue weighted by molar-refractivity contribution is 5.79. The van der Waals surface area contributed by atoms with Crippen LogP contribution in [-0.2, 0) is 18.4 Å². The van der Waals surface area contributed by atoms with E-state index in [1.807, 2.05) is 30.3 Å². The molecule has 1 aliphatic heterocycles. The molecular weight excluding hydrogens is 410 g/mol. The summed E-state index contributed by atoms with van der Waals surface area (Å²) in [4.78, 5) is 39.9. The molecule has 1 amide bonds. The molecule has 1 unspecified atom stereocenters. The Bertz CT molecular complexity index is 1400. The number of aromatic nitrogens is 4. The molecule has 0 bridgehead atoms. The van der Waals surface area contributed by atoms with Crippen LogP contribution in [0, 0.1) is 0 Å². The van der Waals surface area contributed by atoms with Gasteiger partial charge in [-0.1, -0.05) is 30.3 Å². The minimum atomic E-state index is -0.546. The van der Waals surface area contributed by atoms with Gasteiger partial charge in [0, 0.05) is 26.1 Å². The van der Waals surface area contributed by atoms with Crippen molar-refractivity contribution in [2.24, 2.45) is 7.05 Å². The Hall–Kier alpha value is -3.88. The number of hydrogen-bond donors (Lipinski definition) is 0. The molecule has 9 nitrogen and oxygen atoms in total. The Kier molecular flexibility index (Phi) is 5.01. The monoisotopic (exact) mass is 433 g/mol. The van der Waals surface area contributed by atoms with Crippen LogP contribution in [0.2, 0.25) is 0 Å². The van der Waals surface area contributed by atoms with Crippen LogP contribution in [0.4, 0.5) is 0 Å². The number of piperidine rings is 1. The summed E-state index contributed by atoms with van der Waals surface area (Å²) in [6.07, 6.45) is 1.61. The molecular formula is C23H23N5O4. The molecule has 4 aromatic rings. The lowest BCUT2D eigenvalue weighted by Crippen LogP contribution is -2.42. The van der Waals surface area contributed by atoms with Crippen LogP contribution in [-0.4, -0.2) is 42.8 Å². The third kappa shape index (κ3) is 3.45. The first kappa shape index (κ1) is 20.0. The van der Waals surface area contributed by atoms with E-state index in [-0.39, 0.29) is 24.1 Å². The highest BCUT2D eigenvalue weighted by Gasteiger charge is 2.30. The lowest BCUT2D eigenvalue weighted by Gasteiger charge is -2.32. The second-order valence-electron chi connectivity index (χ2n) is 8.04. The molecule has 32 heavy (non-hydrogen) atoms. The molecule has 164 valence electrons. The van der Waals surface area contributed by atoms with E-state index in [4.69, 9.17) is 4.42 Å². The maximum absolute atomic E-state index is 13.1. The molecule has 0 N–H and O–H groups in total. The molecule has 2 aromatic heterocycles. The number of amides is 1. The molecule has 1 saturated heterocycles. The quantitative estimate of drug-likeness (QED) is 0.490. The fourth-order valence-electron chi connectivity index (χ4n) is 4.38. The highest BCUT2D eigenvalue weighted by Crippen LogP contribution is 2.27. The summed E-state index contributed by atoms with van der Waals surface area (Å²) >= 11 is 0. The van der Waals surface area contributed by atoms with Crippen molar-refractivity contribution in [1.82, 2.24) is 23.8 Å². The van der Waals surface area contributed by atoms with E-state index in [0.717, 1.165) is 18.5 Å². The van der Waals surface area contributed by atoms with Gasteiger partial charge in [0.05, 0.1) is 11.2 Å². The zero-order valence-corrected chi connectivity index (χ0v) is 17.7. The van der Waals surface area contributed by atoms with Gasteiger partial charge in [-0.25, -0.2) is 18.8 Å². The summed E-state index contributed by atoms with van der Waals surface area (Å²) < 4.78 is 9.56. The van der Waals surface area contributed by atoms with E-state index in [0.29, 0.717) is 30.0 Å². The van der Waals surface area contributed by atoms with Gasteiger partial charge in [-0.3, -0.25) is 9.36 Å². The topological polar surface area (TPSA) is 95.3 Å². The van der Waals surface area contributed by atoms with Crippen molar-refractivity contribution < 1.29 is 9.21 Å². The number of carbonyl (C=O) groups excluding carboxylic acids is 1. The van der Waals surface area contributed by atoms with Crippen molar-refractivity contribution in [2.75, 3.05) is 13.1 Å². The lowest BCUT2D eigenvalue weighted by atomic mass is 9.97. The fraction of sp³-hybridized carbons (Fsp3) is 0.304. The first-order valence-electron chi connectivity index (χ1n) is 10.6. The van der Waals surface area contributed by atoms with Crippen LogP contribution in [0.15, 0.2) is 68.6 Å². The molecule has 0 saturated carbocycles. The van der Waals surface area contributed by atoms with Gasteiger partial charge in [0.1, 0.15) is 12.4 Å². The average Bonchev–Trinajstić information content (AvgIpc) is 3.30. The lowest BCUT2D eigenvalue weighted by molar-refractivity contribution is -0.133. The fourth-order valence-corrected chi connectivity index (χ4v) is 4.38. The van der Waals surface area contributed by atoms with Crippen LogP contribution in [0.1, 0.15) is 24.6 Å². The Morgan fingerprint density at radius 2 is 1.84 bits per heavy atom. The van der Waals surface area contributed by atoms with Crippen molar-refractivity contribution in [3.63, 3.8) is 0 Å². The van der Waals surface area contributed by atoms with Crippen LogP contribution in [0.25, 0.3) is 16.8 Å². The molecule has 9 heteroatoms. The minimum absolute atomic E-state index is 0.0837. The Balaban J connectivity index is 1.41. The molecule has 1 atom stereocenters. The van der Waals surface area contributed by atoms with Gasteiger partial charge in [0.15, 0.2) is 5.58 Å². The zero-order chi connectivity index (χ0) is 22.2. The van der Waals surface area contributed by atoms with Crippen molar-refractivity contribution >= 4 is 17.0 Å². The number of rotatable bonds is 4. The smallest absolute Gasteiger partial charge is 0.408 e. The molecule has 1 aliphatic rings. The molecule has 5 rings (SSSR count). The first-order valence-corrected chi connectivity index (χ1v) is 10.6. The van der Waals surface area contributed by atoms with E-state index < -0.39 is 5.76 Å². The second kappa shape index (κ2) is 7.99. The van der Waals surface area contributed by atoms with Crippen LogP contribution >= 0.6 is 0 Å². The summed E-state index contributed by atoms with van der Waals surface area (Å²) in [5.41, 5.74) is 1.59. The standard InChI is InChI=1S/C23H23N5O4/c1-25-22(30)28(17-9-3-2-4-10-17)21(24-25)16-8-7-13-26(14-16)20(29)15-27-18-11-5-6-12-19(18)32-23(27)31/h2-6,9-12,16H,7-8,13-15H2,1H3. The largest absolute Gasteiger partial charge is 0.420 e. The van der Waals surface area contributed by atoms with Crippen molar-refractivity contribution in [1.29, 1.82) is 0 Å². The number of aryl methyl sites for hydroxylation is 1. The summed E-state index contributed by atoms with van der Waals surface area (Å²) in [5.74, 6) is -0.143. The predicted molar refractivity (Wildman–Crippen MR) is 118 cm³/mol. The third-order valence-electron chi connectivity index (χ3n) is 5.97. The van der Waals surface area contributed by atoms with Gasteiger partial charge in [0.2, 0.25) is 5.91 Å². The van der Waals surface area contributed by atoms with Crippen LogP contribution in [0.3, 0.4) is 0 Å². The van der Waals surface area contributed by atoms with Crippen LogP contribution < -0.4 is 11.4 Å². The minimum Gasteiger partial charge on any atom is -0.408 e. The highest BCUT2D eigenvalue weighted by atomic mass is 16.4. The van der Waals surface area contributed by atoms with Gasteiger partial charge < -0.3 is 9.32 Å². The Labute approximate surface area is 183 Å². The predicted octanol–water partition coefficient (Wildman–Crippen LogP) is 1.89. The van der Waals surface area contributed by atoms with Gasteiger partial charge in [-0.2, -0.15) is 5.10 Å². The molecule has 0 spiro atoms. The van der Waals surface area contributed by atoms with E-state index in [9.17, 15) is 14.4 Å². The third-order valence-corrected chi connectivity index (χ3v) is 5.97. The second-order valence-corrected chi connectivity index (χ2v) is 8.04. The van der Waals surface area contributed by atoms with E-state index in [2.05, 4.69) is 5.10 Å². The normalized spacial score (nSPS) is 16.5. The number of benzene rings is 2. The molecule has 0 radical (unpaired) electrons. The Morgan fingerprint density at radius 3 is 2.66 bits per heavy atom. The van der Waals surface area contributed by atoms with Gasteiger partial charge in [-0.05, 0) is 37.1 Å². The summed E-state index contributed by atoms with van der Waals surface area (Å²) in [6, 6.07) is 16.4. The van der Waals surface area contributed by atoms with E-state index >= 15 is 0 Å². The molecule has 0 aliphatic carbocycles. The van der Waals surface area contributed by atoms with E-state index in [1.54, 1.807) is 40.8 Å². The van der Waals surface area contributed by atoms with E-state index in [1.165, 1.54) is 9.25 Å². The van der Waals surface area contributed by atoms with Crippen LogP contribution in [0.5, 0.6) is 0 Å². The van der Waals surface area contributed by atoms with Gasteiger partial charge >= 0.3 is 11.4 Å². The van der Waals surface area contributed by atoms with Crippen molar-refractivity contribution in [2.45, 2.75) is 25.3 Å². The number of nitrogens with zero attached hydrogens (tertiary/aromatic N) is 5. The molecule has 3 heterocycles. The first-order chi connectivity index (χ1) is 15.5. The molecule has 1 fully saturated rings. The maximum atomic E-state index is 13.1. The number of hydrogen-bond acceptors (Lipinski definition) is 5.